The van der Waals surface area contributed by atoms with Crippen molar-refractivity contribution in [3.63, 3.8) is 0 Å². The number of nitrogens with two attached hydrogens (primary N) is 1. The molecule has 1 aromatic heterocycles. The van der Waals surface area contributed by atoms with Gasteiger partial charge in [-0.2, -0.15) is 0 Å². The smallest absolute Gasteiger partial charge is 0.189 e. The number of hydrogen-bond acceptors (Lipinski definition) is 3. The fourth-order valence-corrected chi connectivity index (χ4v) is 1.60. The Kier molecular flexibility index (Phi) is 2.59. The zero-order chi connectivity index (χ0) is 11.5. The number of benzene rings is 1. The van der Waals surface area contributed by atoms with Crippen LogP contribution in [-0.4, -0.2) is 15.6 Å². The first-order chi connectivity index (χ1) is 7.72. The highest BCUT2D eigenvalue weighted by atomic mass is 16.4. The lowest BCUT2D eigenvalue weighted by molar-refractivity contribution is 0.316. The van der Waals surface area contributed by atoms with Crippen molar-refractivity contribution in [2.45, 2.75) is 6.54 Å². The van der Waals surface area contributed by atoms with Gasteiger partial charge in [0.05, 0.1) is 12.1 Å². The summed E-state index contributed by atoms with van der Waals surface area (Å²) < 4.78 is 1.76. The summed E-state index contributed by atoms with van der Waals surface area (Å²) in [6.45, 7) is 0.247. The minimum atomic E-state index is -0.0358. The molecule has 0 aliphatic heterocycles. The van der Waals surface area contributed by atoms with Crippen LogP contribution in [-0.2, 0) is 6.54 Å². The van der Waals surface area contributed by atoms with Crippen molar-refractivity contribution in [3.05, 3.63) is 46.8 Å². The summed E-state index contributed by atoms with van der Waals surface area (Å²) >= 11 is 0. The Morgan fingerprint density at radius 1 is 1.38 bits per heavy atom. The van der Waals surface area contributed by atoms with Gasteiger partial charge in [-0.1, -0.05) is 17.3 Å². The summed E-state index contributed by atoms with van der Waals surface area (Å²) in [4.78, 5) is 11.6. The Morgan fingerprint density at radius 3 is 2.88 bits per heavy atom. The van der Waals surface area contributed by atoms with Crippen LogP contribution in [0.4, 0.5) is 0 Å². The molecule has 5 heteroatoms. The van der Waals surface area contributed by atoms with E-state index in [1.54, 1.807) is 22.9 Å². The van der Waals surface area contributed by atoms with Crippen molar-refractivity contribution in [1.82, 2.24) is 4.57 Å². The fourth-order valence-electron chi connectivity index (χ4n) is 1.60. The maximum atomic E-state index is 11.6. The number of oxime groups is 1. The zero-order valence-electron chi connectivity index (χ0n) is 8.50. The van der Waals surface area contributed by atoms with Gasteiger partial charge in [0.15, 0.2) is 11.3 Å². The average molecular weight is 217 g/mol. The minimum absolute atomic E-state index is 0.0358. The normalized spacial score (nSPS) is 11.9. The van der Waals surface area contributed by atoms with E-state index in [1.807, 2.05) is 12.1 Å². The van der Waals surface area contributed by atoms with Gasteiger partial charge >= 0.3 is 0 Å². The van der Waals surface area contributed by atoms with Crippen molar-refractivity contribution in [2.75, 3.05) is 0 Å². The van der Waals surface area contributed by atoms with Gasteiger partial charge in [0.1, 0.15) is 0 Å². The van der Waals surface area contributed by atoms with Gasteiger partial charge in [-0.15, -0.1) is 0 Å². The SMILES string of the molecule is N/C(Cn1ccc(=O)c2ccccc21)=N\O. The van der Waals surface area contributed by atoms with Crippen LogP contribution in [0.15, 0.2) is 46.5 Å². The van der Waals surface area contributed by atoms with E-state index in [0.29, 0.717) is 5.39 Å². The summed E-state index contributed by atoms with van der Waals surface area (Å²) in [7, 11) is 0. The van der Waals surface area contributed by atoms with E-state index in [1.165, 1.54) is 6.07 Å². The predicted octanol–water partition coefficient (Wildman–Crippen LogP) is 0.748. The number of aromatic nitrogens is 1. The summed E-state index contributed by atoms with van der Waals surface area (Å²) in [5.74, 6) is 0.0915. The second-order valence-electron chi connectivity index (χ2n) is 3.42. The number of nitrogens with zero attached hydrogens (tertiary/aromatic N) is 2. The molecule has 0 atom stereocenters. The number of rotatable bonds is 2. The maximum absolute atomic E-state index is 11.6. The Labute approximate surface area is 91.4 Å². The summed E-state index contributed by atoms with van der Waals surface area (Å²) in [6.07, 6.45) is 1.63. The molecule has 3 N–H and O–H groups in total. The van der Waals surface area contributed by atoms with Crippen LogP contribution < -0.4 is 11.2 Å². The van der Waals surface area contributed by atoms with E-state index in [2.05, 4.69) is 5.16 Å². The monoisotopic (exact) mass is 217 g/mol. The third-order valence-electron chi connectivity index (χ3n) is 2.35. The van der Waals surface area contributed by atoms with Gasteiger partial charge in [-0.05, 0) is 12.1 Å². The summed E-state index contributed by atoms with van der Waals surface area (Å²) in [6, 6.07) is 8.68. The zero-order valence-corrected chi connectivity index (χ0v) is 8.50. The van der Waals surface area contributed by atoms with Crippen LogP contribution in [0, 0.1) is 0 Å². The van der Waals surface area contributed by atoms with Gasteiger partial charge in [-0.3, -0.25) is 4.79 Å². The molecule has 0 amide bonds. The van der Waals surface area contributed by atoms with Gasteiger partial charge in [0.2, 0.25) is 0 Å². The van der Waals surface area contributed by atoms with Gasteiger partial charge in [-0.25, -0.2) is 0 Å². The van der Waals surface area contributed by atoms with Crippen LogP contribution in [0.5, 0.6) is 0 Å². The van der Waals surface area contributed by atoms with E-state index in [4.69, 9.17) is 10.9 Å². The van der Waals surface area contributed by atoms with Gasteiger partial charge < -0.3 is 15.5 Å². The van der Waals surface area contributed by atoms with Crippen molar-refractivity contribution < 1.29 is 5.21 Å². The molecule has 82 valence electrons. The molecule has 5 nitrogen and oxygen atoms in total. The van der Waals surface area contributed by atoms with Crippen LogP contribution in [0.2, 0.25) is 0 Å². The fraction of sp³-hybridized carbons (Fsp3) is 0.0909. The second-order valence-corrected chi connectivity index (χ2v) is 3.42. The lowest BCUT2D eigenvalue weighted by atomic mass is 10.2. The molecule has 0 aliphatic carbocycles. The number of hydrogen-bond donors (Lipinski definition) is 2. The van der Waals surface area contributed by atoms with Gasteiger partial charge in [0, 0.05) is 17.6 Å². The van der Waals surface area contributed by atoms with Crippen LogP contribution >= 0.6 is 0 Å². The molecule has 0 saturated carbocycles. The van der Waals surface area contributed by atoms with E-state index in [0.717, 1.165) is 5.52 Å². The third-order valence-corrected chi connectivity index (χ3v) is 2.35. The average Bonchev–Trinajstić information content (AvgIpc) is 2.33. The van der Waals surface area contributed by atoms with E-state index < -0.39 is 0 Å². The lowest BCUT2D eigenvalue weighted by Crippen LogP contribution is -2.20. The van der Waals surface area contributed by atoms with Crippen molar-refractivity contribution in [3.8, 4) is 0 Å². The molecule has 0 bridgehead atoms. The Balaban J connectivity index is 2.63. The van der Waals surface area contributed by atoms with Crippen molar-refractivity contribution in [2.24, 2.45) is 10.9 Å². The first kappa shape index (κ1) is 10.2. The second kappa shape index (κ2) is 4.06. The molecular formula is C11H11N3O2. The molecule has 2 aromatic rings. The van der Waals surface area contributed by atoms with Crippen LogP contribution in [0.3, 0.4) is 0 Å². The molecule has 1 aromatic carbocycles. The van der Waals surface area contributed by atoms with Crippen molar-refractivity contribution in [1.29, 1.82) is 0 Å². The number of para-hydroxylation sites is 1. The molecule has 0 aliphatic rings. The quantitative estimate of drug-likeness (QED) is 0.337. The predicted molar refractivity (Wildman–Crippen MR) is 61.6 cm³/mol. The largest absolute Gasteiger partial charge is 0.409 e. The highest BCUT2D eigenvalue weighted by Crippen LogP contribution is 2.08. The standard InChI is InChI=1S/C11H11N3O2/c12-11(13-16)7-14-6-5-10(15)8-3-1-2-4-9(8)14/h1-6,16H,7H2,(H2,12,13). The third kappa shape index (κ3) is 1.75. The Bertz CT molecular complexity index is 601. The molecule has 2 rings (SSSR count). The van der Waals surface area contributed by atoms with Crippen molar-refractivity contribution >= 4 is 16.7 Å². The van der Waals surface area contributed by atoms with E-state index in [-0.39, 0.29) is 17.8 Å². The van der Waals surface area contributed by atoms with Gasteiger partial charge in [0.25, 0.3) is 0 Å². The highest BCUT2D eigenvalue weighted by Gasteiger charge is 2.02. The first-order valence-electron chi connectivity index (χ1n) is 4.77. The minimum Gasteiger partial charge on any atom is -0.409 e. The van der Waals surface area contributed by atoms with E-state index >= 15 is 0 Å². The highest BCUT2D eigenvalue weighted by molar-refractivity contribution is 5.83. The topological polar surface area (TPSA) is 80.6 Å². The molecule has 0 radical (unpaired) electrons. The molecule has 0 spiro atoms. The lowest BCUT2D eigenvalue weighted by Gasteiger charge is -2.08. The summed E-state index contributed by atoms with van der Waals surface area (Å²) in [5, 5.41) is 12.0. The summed E-state index contributed by atoms with van der Waals surface area (Å²) in [5.41, 5.74) is 6.16. The molecular weight excluding hydrogens is 206 g/mol. The molecule has 1 heterocycles. The number of pyridine rings is 1. The van der Waals surface area contributed by atoms with Crippen LogP contribution in [0.1, 0.15) is 0 Å². The Hall–Kier alpha value is -2.30. The first-order valence-corrected chi connectivity index (χ1v) is 4.77. The molecule has 16 heavy (non-hydrogen) atoms. The molecule has 0 saturated heterocycles. The maximum Gasteiger partial charge on any atom is 0.189 e. The number of fused-ring (bicyclic) bond motifs is 1. The van der Waals surface area contributed by atoms with Crippen LogP contribution in [0.25, 0.3) is 10.9 Å². The molecule has 0 unspecified atom stereocenters. The van der Waals surface area contributed by atoms with E-state index in [9.17, 15) is 4.79 Å². The molecule has 0 fully saturated rings. The Morgan fingerprint density at radius 2 is 2.12 bits per heavy atom. The number of amidine groups is 1.